The van der Waals surface area contributed by atoms with Gasteiger partial charge in [-0.1, -0.05) is 49.4 Å². The Labute approximate surface area is 197 Å². The molecule has 0 spiro atoms. The molecule has 1 N–H and O–H groups in total. The van der Waals surface area contributed by atoms with E-state index in [9.17, 15) is 13.2 Å². The fourth-order valence-electron chi connectivity index (χ4n) is 3.69. The van der Waals surface area contributed by atoms with Gasteiger partial charge in [0.05, 0.1) is 10.6 Å². The van der Waals surface area contributed by atoms with Crippen LogP contribution in [0.25, 0.3) is 11.5 Å². The van der Waals surface area contributed by atoms with Crippen LogP contribution in [0.1, 0.15) is 31.7 Å². The highest BCUT2D eigenvalue weighted by Crippen LogP contribution is 2.27. The van der Waals surface area contributed by atoms with Crippen LogP contribution in [-0.2, 0) is 21.2 Å². The van der Waals surface area contributed by atoms with Gasteiger partial charge in [-0.2, -0.15) is 4.31 Å². The Hall–Kier alpha value is -2.69. The van der Waals surface area contributed by atoms with Crippen LogP contribution in [0.5, 0.6) is 0 Å². The highest BCUT2D eigenvalue weighted by Gasteiger charge is 2.26. The molecule has 10 heteroatoms. The molecule has 0 aliphatic carbocycles. The molecule has 1 saturated heterocycles. The molecule has 1 aromatic heterocycles. The first-order chi connectivity index (χ1) is 16.0. The zero-order valence-electron chi connectivity index (χ0n) is 18.4. The zero-order valence-corrected chi connectivity index (χ0v) is 20.0. The van der Waals surface area contributed by atoms with Crippen molar-refractivity contribution in [1.29, 1.82) is 0 Å². The number of hydrogen-bond donors (Lipinski definition) is 1. The van der Waals surface area contributed by atoms with E-state index in [1.807, 2.05) is 31.2 Å². The number of amides is 1. The average Bonchev–Trinajstić information content (AvgIpc) is 3.33. The largest absolute Gasteiger partial charge is 0.411 e. The molecular weight excluding hydrogens is 460 g/mol. The Kier molecular flexibility index (Phi) is 7.46. The summed E-state index contributed by atoms with van der Waals surface area (Å²) in [5, 5.41) is 11.2. The predicted octanol–water partition coefficient (Wildman–Crippen LogP) is 4.20. The molecule has 2 heterocycles. The summed E-state index contributed by atoms with van der Waals surface area (Å²) in [7, 11) is -3.56. The second-order valence-electron chi connectivity index (χ2n) is 7.71. The number of anilines is 1. The maximum absolute atomic E-state index is 13.0. The lowest BCUT2D eigenvalue weighted by atomic mass is 10.1. The first-order valence-electron chi connectivity index (χ1n) is 10.9. The highest BCUT2D eigenvalue weighted by molar-refractivity contribution is 7.99. The molecule has 0 radical (unpaired) electrons. The third-order valence-electron chi connectivity index (χ3n) is 5.44. The zero-order chi connectivity index (χ0) is 23.3. The van der Waals surface area contributed by atoms with Crippen LogP contribution in [0.4, 0.5) is 5.69 Å². The van der Waals surface area contributed by atoms with E-state index < -0.39 is 10.0 Å². The maximum Gasteiger partial charge on any atom is 0.277 e. The lowest BCUT2D eigenvalue weighted by molar-refractivity contribution is -0.113. The van der Waals surface area contributed by atoms with Gasteiger partial charge < -0.3 is 9.73 Å². The van der Waals surface area contributed by atoms with E-state index in [-0.39, 0.29) is 27.7 Å². The molecule has 33 heavy (non-hydrogen) atoms. The van der Waals surface area contributed by atoms with Gasteiger partial charge in [-0.3, -0.25) is 4.79 Å². The first-order valence-corrected chi connectivity index (χ1v) is 13.3. The average molecular weight is 487 g/mol. The second kappa shape index (κ2) is 10.5. The van der Waals surface area contributed by atoms with Crippen LogP contribution in [-0.4, -0.2) is 47.7 Å². The number of aryl methyl sites for hydroxylation is 1. The first kappa shape index (κ1) is 23.5. The Morgan fingerprint density at radius 1 is 1.09 bits per heavy atom. The summed E-state index contributed by atoms with van der Waals surface area (Å²) in [5.41, 5.74) is 2.38. The number of aromatic nitrogens is 2. The van der Waals surface area contributed by atoms with E-state index in [1.165, 1.54) is 4.31 Å². The fraction of sp³-hybridized carbons (Fsp3) is 0.348. The number of hydrogen-bond acceptors (Lipinski definition) is 7. The number of sulfonamides is 1. The molecule has 0 saturated carbocycles. The van der Waals surface area contributed by atoms with E-state index >= 15 is 0 Å². The molecule has 0 unspecified atom stereocenters. The van der Waals surface area contributed by atoms with Gasteiger partial charge in [0.25, 0.3) is 5.22 Å². The van der Waals surface area contributed by atoms with Gasteiger partial charge in [-0.15, -0.1) is 10.2 Å². The summed E-state index contributed by atoms with van der Waals surface area (Å²) in [6, 6.07) is 14.2. The molecule has 0 bridgehead atoms. The number of rotatable bonds is 8. The van der Waals surface area contributed by atoms with Gasteiger partial charge in [0.2, 0.25) is 21.8 Å². The smallest absolute Gasteiger partial charge is 0.277 e. The van der Waals surface area contributed by atoms with Gasteiger partial charge in [0.15, 0.2) is 0 Å². The normalized spacial score (nSPS) is 14.8. The Morgan fingerprint density at radius 2 is 1.88 bits per heavy atom. The van der Waals surface area contributed by atoms with Crippen LogP contribution >= 0.6 is 11.8 Å². The minimum atomic E-state index is -3.56. The molecule has 0 atom stereocenters. The van der Waals surface area contributed by atoms with E-state index in [0.29, 0.717) is 18.7 Å². The van der Waals surface area contributed by atoms with Crippen LogP contribution in [0.15, 0.2) is 63.1 Å². The lowest BCUT2D eigenvalue weighted by Gasteiger charge is -2.25. The molecule has 8 nitrogen and oxygen atoms in total. The molecule has 1 amide bonds. The summed E-state index contributed by atoms with van der Waals surface area (Å²) in [6.45, 7) is 3.11. The number of carbonyl (C=O) groups excluding carboxylic acids is 1. The van der Waals surface area contributed by atoms with Crippen LogP contribution < -0.4 is 5.32 Å². The van der Waals surface area contributed by atoms with Gasteiger partial charge in [-0.05, 0) is 49.1 Å². The number of benzene rings is 2. The van der Waals surface area contributed by atoms with Crippen molar-refractivity contribution in [3.8, 4) is 11.5 Å². The number of para-hydroxylation sites is 1. The fourth-order valence-corrected chi connectivity index (χ4v) is 5.82. The van der Waals surface area contributed by atoms with Crippen molar-refractivity contribution in [3.05, 3.63) is 54.1 Å². The number of nitrogens with zero attached hydrogens (tertiary/aromatic N) is 3. The Balaban J connectivity index is 1.41. The minimum Gasteiger partial charge on any atom is -0.411 e. The molecule has 1 fully saturated rings. The van der Waals surface area contributed by atoms with Crippen molar-refractivity contribution in [1.82, 2.24) is 14.5 Å². The number of nitrogens with one attached hydrogen (secondary N) is 1. The topological polar surface area (TPSA) is 105 Å². The predicted molar refractivity (Wildman–Crippen MR) is 128 cm³/mol. The summed E-state index contributed by atoms with van der Waals surface area (Å²) in [6.07, 6.45) is 3.63. The van der Waals surface area contributed by atoms with E-state index in [4.69, 9.17) is 4.42 Å². The van der Waals surface area contributed by atoms with Gasteiger partial charge in [-0.25, -0.2) is 8.42 Å². The number of thioether (sulfide) groups is 1. The van der Waals surface area contributed by atoms with E-state index in [1.54, 1.807) is 24.3 Å². The second-order valence-corrected chi connectivity index (χ2v) is 10.6. The molecular formula is C23H26N4O4S2. The highest BCUT2D eigenvalue weighted by atomic mass is 32.2. The van der Waals surface area contributed by atoms with Crippen molar-refractivity contribution in [2.75, 3.05) is 24.2 Å². The quantitative estimate of drug-likeness (QED) is 0.476. The number of piperidine rings is 1. The Morgan fingerprint density at radius 3 is 2.67 bits per heavy atom. The molecule has 174 valence electrons. The minimum absolute atomic E-state index is 0.114. The van der Waals surface area contributed by atoms with Gasteiger partial charge in [0, 0.05) is 24.3 Å². The van der Waals surface area contributed by atoms with Crippen molar-refractivity contribution in [3.63, 3.8) is 0 Å². The number of carbonyl (C=O) groups is 1. The molecule has 3 aromatic rings. The maximum atomic E-state index is 13.0. The molecule has 4 rings (SSSR count). The van der Waals surface area contributed by atoms with E-state index in [0.717, 1.165) is 48.7 Å². The van der Waals surface area contributed by atoms with Crippen molar-refractivity contribution in [2.45, 2.75) is 42.7 Å². The lowest BCUT2D eigenvalue weighted by Crippen LogP contribution is -2.35. The van der Waals surface area contributed by atoms with Crippen molar-refractivity contribution < 1.29 is 17.6 Å². The van der Waals surface area contributed by atoms with Crippen molar-refractivity contribution >= 4 is 33.4 Å². The third kappa shape index (κ3) is 5.63. The van der Waals surface area contributed by atoms with Gasteiger partial charge >= 0.3 is 0 Å². The summed E-state index contributed by atoms with van der Waals surface area (Å²) in [5.74, 6) is 0.156. The molecule has 1 aliphatic rings. The van der Waals surface area contributed by atoms with Crippen molar-refractivity contribution in [2.24, 2.45) is 0 Å². The van der Waals surface area contributed by atoms with E-state index in [2.05, 4.69) is 15.5 Å². The monoisotopic (exact) mass is 486 g/mol. The summed E-state index contributed by atoms with van der Waals surface area (Å²) >= 11 is 1.13. The van der Waals surface area contributed by atoms with Crippen LogP contribution in [0.3, 0.4) is 0 Å². The molecule has 2 aromatic carbocycles. The Bertz CT molecular complexity index is 1220. The van der Waals surface area contributed by atoms with Crippen LogP contribution in [0.2, 0.25) is 0 Å². The summed E-state index contributed by atoms with van der Waals surface area (Å²) < 4.78 is 33.1. The van der Waals surface area contributed by atoms with Gasteiger partial charge in [0.1, 0.15) is 0 Å². The van der Waals surface area contributed by atoms with Crippen LogP contribution in [0, 0.1) is 0 Å². The summed E-state index contributed by atoms with van der Waals surface area (Å²) in [4.78, 5) is 12.6. The standard InChI is InChI=1S/C23H26N4O4S2/c1-2-17-9-4-5-12-20(17)24-21(28)16-32-23-26-25-22(31-23)18-10-8-11-19(15-18)33(29,30)27-13-6-3-7-14-27/h4-5,8-12,15H,2-3,6-7,13-14,16H2,1H3,(H,24,28). The SMILES string of the molecule is CCc1ccccc1NC(=O)CSc1nnc(-c2cccc(S(=O)(=O)N3CCCCC3)c2)o1. The molecule has 1 aliphatic heterocycles. The third-order valence-corrected chi connectivity index (χ3v) is 8.15.